The van der Waals surface area contributed by atoms with Gasteiger partial charge in [-0.05, 0) is 5.27 Å². The molecule has 5 nitrogen and oxygen atoms in total. The summed E-state index contributed by atoms with van der Waals surface area (Å²) in [7, 11) is 0. The van der Waals surface area contributed by atoms with Gasteiger partial charge in [-0.25, -0.2) is 0 Å². The highest BCUT2D eigenvalue weighted by molar-refractivity contribution is 4.91. The second-order valence-corrected chi connectivity index (χ2v) is 4.90. The molecular weight excluding hydrogens is 204 g/mol. The molecule has 16 heavy (non-hydrogen) atoms. The van der Waals surface area contributed by atoms with Crippen molar-refractivity contribution in [2.24, 2.45) is 0 Å². The third kappa shape index (κ3) is 2.28. The average molecular weight is 226 g/mol. The Morgan fingerprint density at radius 1 is 1.12 bits per heavy atom. The van der Waals surface area contributed by atoms with Gasteiger partial charge < -0.3 is 4.52 Å². The van der Waals surface area contributed by atoms with Crippen LogP contribution in [0.2, 0.25) is 0 Å². The second-order valence-electron chi connectivity index (χ2n) is 4.90. The van der Waals surface area contributed by atoms with Gasteiger partial charge in [0, 0.05) is 18.0 Å². The molecule has 0 unspecified atom stereocenters. The van der Waals surface area contributed by atoms with Crippen molar-refractivity contribution in [3.8, 4) is 0 Å². The normalized spacial score (nSPS) is 11.8. The molecule has 0 aliphatic rings. The third-order valence-corrected chi connectivity index (χ3v) is 2.48. The predicted molar refractivity (Wildman–Crippen MR) is 60.7 cm³/mol. The number of nitrogens with one attached hydrogen (secondary N) is 1. The number of hydrogen-bond donors (Lipinski definition) is 1. The zero-order valence-corrected chi connectivity index (χ0v) is 11.0. The molecule has 5 heteroatoms. The number of nitrogens with zero attached hydrogens (tertiary/aromatic N) is 3. The van der Waals surface area contributed by atoms with E-state index in [0.29, 0.717) is 12.1 Å². The Morgan fingerprint density at radius 3 is 2.00 bits per heavy atom. The highest BCUT2D eigenvalue weighted by Gasteiger charge is 2.25. The molecule has 0 bridgehead atoms. The molecule has 0 aliphatic carbocycles. The van der Waals surface area contributed by atoms with E-state index in [1.807, 2.05) is 13.8 Å². The molecule has 92 valence electrons. The molecule has 0 amide bonds. The summed E-state index contributed by atoms with van der Waals surface area (Å²) in [6.07, 6.45) is 0. The topological polar surface area (TPSA) is 58.2 Å². The zero-order valence-electron chi connectivity index (χ0n) is 11.0. The fraction of sp³-hybridized carbons (Fsp3) is 0.818. The SMILES string of the molecule is CC(C)c1c(=N)o[n-][n+]1N(C(C)C)C(C)C. The molecule has 1 heterocycles. The quantitative estimate of drug-likeness (QED) is 0.775. The van der Waals surface area contributed by atoms with Crippen LogP contribution in [0.4, 0.5) is 0 Å². The lowest BCUT2D eigenvalue weighted by molar-refractivity contribution is -0.776. The first-order valence-electron chi connectivity index (χ1n) is 5.78. The van der Waals surface area contributed by atoms with Crippen LogP contribution in [0.3, 0.4) is 0 Å². The molecule has 0 aliphatic heterocycles. The van der Waals surface area contributed by atoms with Crippen molar-refractivity contribution >= 4 is 0 Å². The second kappa shape index (κ2) is 4.72. The smallest absolute Gasteiger partial charge is 0.289 e. The predicted octanol–water partition coefficient (Wildman–Crippen LogP) is 0.882. The minimum absolute atomic E-state index is 0.154. The molecule has 0 saturated heterocycles. The summed E-state index contributed by atoms with van der Waals surface area (Å²) in [6.45, 7) is 12.5. The third-order valence-electron chi connectivity index (χ3n) is 2.48. The molecule has 1 aromatic rings. The Kier molecular flexibility index (Phi) is 3.78. The minimum atomic E-state index is 0.154. The van der Waals surface area contributed by atoms with Crippen LogP contribution in [0.15, 0.2) is 4.52 Å². The number of rotatable bonds is 4. The van der Waals surface area contributed by atoms with Gasteiger partial charge in [0.15, 0.2) is 0 Å². The number of hydrogen-bond acceptors (Lipinski definition) is 3. The molecule has 1 aromatic heterocycles. The van der Waals surface area contributed by atoms with E-state index in [1.54, 1.807) is 4.79 Å². The van der Waals surface area contributed by atoms with Crippen LogP contribution in [-0.2, 0) is 0 Å². The standard InChI is InChI=1S/C11H22N4O/c1-7(2)10-11(12)16-13-15(10)14(8(3)4)9(5)6/h7-9,12H,1-6H3. The molecule has 0 atom stereocenters. The van der Waals surface area contributed by atoms with Crippen LogP contribution in [-0.4, -0.2) is 12.1 Å². The van der Waals surface area contributed by atoms with Gasteiger partial charge in [-0.2, -0.15) is 0 Å². The van der Waals surface area contributed by atoms with Crippen molar-refractivity contribution in [1.29, 1.82) is 5.41 Å². The van der Waals surface area contributed by atoms with Crippen molar-refractivity contribution in [3.05, 3.63) is 11.2 Å². The van der Waals surface area contributed by atoms with E-state index in [9.17, 15) is 0 Å². The highest BCUT2D eigenvalue weighted by Crippen LogP contribution is 2.05. The Morgan fingerprint density at radius 2 is 1.62 bits per heavy atom. The van der Waals surface area contributed by atoms with Crippen molar-refractivity contribution in [3.63, 3.8) is 0 Å². The maximum absolute atomic E-state index is 7.72. The molecular formula is C11H22N4O. The lowest BCUT2D eigenvalue weighted by Crippen LogP contribution is -2.68. The van der Waals surface area contributed by atoms with Gasteiger partial charge in [0.25, 0.3) is 11.2 Å². The fourth-order valence-electron chi connectivity index (χ4n) is 1.95. The van der Waals surface area contributed by atoms with Crippen LogP contribution in [0, 0.1) is 5.41 Å². The highest BCUT2D eigenvalue weighted by atomic mass is 16.5. The summed E-state index contributed by atoms with van der Waals surface area (Å²) in [5.74, 6) is 0.221. The van der Waals surface area contributed by atoms with Gasteiger partial charge in [0.2, 0.25) is 0 Å². The first kappa shape index (κ1) is 12.8. The van der Waals surface area contributed by atoms with Gasteiger partial charge in [-0.3, -0.25) is 10.4 Å². The summed E-state index contributed by atoms with van der Waals surface area (Å²) < 4.78 is 4.98. The molecule has 0 aromatic carbocycles. The van der Waals surface area contributed by atoms with Gasteiger partial charge in [-0.15, -0.1) is 0 Å². The molecule has 0 fully saturated rings. The van der Waals surface area contributed by atoms with E-state index in [4.69, 9.17) is 9.93 Å². The van der Waals surface area contributed by atoms with Gasteiger partial charge in [0.1, 0.15) is 0 Å². The Labute approximate surface area is 96.5 Å². The van der Waals surface area contributed by atoms with Crippen LogP contribution in [0.1, 0.15) is 53.2 Å². The Bertz CT molecular complexity index is 381. The van der Waals surface area contributed by atoms with E-state index in [1.165, 1.54) is 0 Å². The van der Waals surface area contributed by atoms with Crippen molar-refractivity contribution < 1.29 is 9.31 Å². The van der Waals surface area contributed by atoms with E-state index in [2.05, 4.69) is 38.0 Å². The summed E-state index contributed by atoms with van der Waals surface area (Å²) in [5, 5.41) is 13.8. The van der Waals surface area contributed by atoms with E-state index in [-0.39, 0.29) is 11.5 Å². The molecule has 1 rings (SSSR count). The summed E-state index contributed by atoms with van der Waals surface area (Å²) in [6, 6.07) is 0.624. The minimum Gasteiger partial charge on any atom is -0.380 e. The summed E-state index contributed by atoms with van der Waals surface area (Å²) in [4.78, 5) is 1.74. The zero-order chi connectivity index (χ0) is 12.5. The largest absolute Gasteiger partial charge is 0.380 e. The summed E-state index contributed by atoms with van der Waals surface area (Å²) >= 11 is 0. The summed E-state index contributed by atoms with van der Waals surface area (Å²) in [5.41, 5.74) is 0.976. The van der Waals surface area contributed by atoms with Crippen LogP contribution >= 0.6 is 0 Å². The van der Waals surface area contributed by atoms with Crippen LogP contribution in [0.25, 0.3) is 0 Å². The maximum atomic E-state index is 7.72. The van der Waals surface area contributed by atoms with Crippen molar-refractivity contribution in [1.82, 2.24) is 5.27 Å². The van der Waals surface area contributed by atoms with Crippen molar-refractivity contribution in [2.45, 2.75) is 59.5 Å². The monoisotopic (exact) mass is 226 g/mol. The first-order chi connectivity index (χ1) is 7.36. The maximum Gasteiger partial charge on any atom is 0.289 e. The average Bonchev–Trinajstić information content (AvgIpc) is 2.46. The molecule has 0 radical (unpaired) electrons. The number of aromatic nitrogens is 2. The lowest BCUT2D eigenvalue weighted by atomic mass is 10.1. The molecule has 0 saturated carbocycles. The van der Waals surface area contributed by atoms with Gasteiger partial charge in [-0.1, -0.05) is 46.3 Å². The Hall–Kier alpha value is -1.26. The van der Waals surface area contributed by atoms with Gasteiger partial charge in [0.05, 0.1) is 0 Å². The Balaban J connectivity index is 3.25. The van der Waals surface area contributed by atoms with Crippen LogP contribution in [0.5, 0.6) is 0 Å². The van der Waals surface area contributed by atoms with E-state index < -0.39 is 0 Å². The van der Waals surface area contributed by atoms with E-state index in [0.717, 1.165) is 5.69 Å². The molecule has 0 spiro atoms. The van der Waals surface area contributed by atoms with E-state index >= 15 is 0 Å². The van der Waals surface area contributed by atoms with Crippen LogP contribution < -0.4 is 20.6 Å². The van der Waals surface area contributed by atoms with Gasteiger partial charge >= 0.3 is 0 Å². The lowest BCUT2D eigenvalue weighted by Gasteiger charge is -2.32. The first-order valence-corrected chi connectivity index (χ1v) is 5.78. The molecule has 1 N–H and O–H groups in total. The fourth-order valence-corrected chi connectivity index (χ4v) is 1.95. The van der Waals surface area contributed by atoms with Crippen molar-refractivity contribution in [2.75, 3.05) is 5.01 Å².